The van der Waals surface area contributed by atoms with Crippen LogP contribution in [0.15, 0.2) is 6.07 Å². The van der Waals surface area contributed by atoms with E-state index in [9.17, 15) is 9.50 Å². The molecule has 0 fully saturated rings. The molecule has 1 rings (SSSR count). The molecule has 1 aromatic rings. The number of phenols is 1. The zero-order valence-corrected chi connectivity index (χ0v) is 8.35. The number of aliphatic hydroxyl groups excluding tert-OH is 1. The summed E-state index contributed by atoms with van der Waals surface area (Å²) in [6.45, 7) is 1.23. The lowest BCUT2D eigenvalue weighted by atomic mass is 10.0. The number of hydrogen-bond donors (Lipinski definition) is 3. The van der Waals surface area contributed by atoms with Crippen molar-refractivity contribution in [2.24, 2.45) is 5.73 Å². The van der Waals surface area contributed by atoms with E-state index in [-0.39, 0.29) is 10.6 Å². The van der Waals surface area contributed by atoms with Gasteiger partial charge in [-0.25, -0.2) is 4.39 Å². The van der Waals surface area contributed by atoms with Crippen molar-refractivity contribution in [3.63, 3.8) is 0 Å². The summed E-state index contributed by atoms with van der Waals surface area (Å²) in [4.78, 5) is 0. The summed E-state index contributed by atoms with van der Waals surface area (Å²) in [5, 5.41) is 18.0. The second kappa shape index (κ2) is 4.13. The molecule has 0 saturated heterocycles. The molecule has 0 spiro atoms. The van der Waals surface area contributed by atoms with Crippen molar-refractivity contribution in [2.45, 2.75) is 13.0 Å². The molecule has 0 bridgehead atoms. The smallest absolute Gasteiger partial charge is 0.171 e. The van der Waals surface area contributed by atoms with Gasteiger partial charge in [-0.1, -0.05) is 11.6 Å². The van der Waals surface area contributed by atoms with Crippen LogP contribution >= 0.6 is 11.6 Å². The van der Waals surface area contributed by atoms with Crippen LogP contribution in [-0.4, -0.2) is 16.8 Å². The highest BCUT2D eigenvalue weighted by atomic mass is 35.5. The van der Waals surface area contributed by atoms with Gasteiger partial charge < -0.3 is 15.9 Å². The molecule has 1 atom stereocenters. The first-order valence-electron chi connectivity index (χ1n) is 4.03. The molecule has 4 N–H and O–H groups in total. The van der Waals surface area contributed by atoms with E-state index in [1.165, 1.54) is 6.07 Å². The number of benzene rings is 1. The molecule has 0 radical (unpaired) electrons. The quantitative estimate of drug-likeness (QED) is 0.706. The minimum absolute atomic E-state index is 0.0311. The van der Waals surface area contributed by atoms with E-state index in [0.717, 1.165) is 0 Å². The summed E-state index contributed by atoms with van der Waals surface area (Å²) < 4.78 is 13.4. The number of aromatic hydroxyl groups is 1. The fraction of sp³-hybridized carbons (Fsp3) is 0.333. The number of halogens is 2. The summed E-state index contributed by atoms with van der Waals surface area (Å²) in [6, 6.07) is 0.565. The standard InChI is InChI=1S/C9H11ClFNO2/c1-4-2-5(6(12)3-13)8(11)9(14)7(4)10/h2,6,13-14H,3,12H2,1H3. The molecule has 0 aliphatic rings. The van der Waals surface area contributed by atoms with Gasteiger partial charge in [0.1, 0.15) is 0 Å². The summed E-state index contributed by atoms with van der Waals surface area (Å²) in [7, 11) is 0. The van der Waals surface area contributed by atoms with Crippen LogP contribution in [0.1, 0.15) is 17.2 Å². The van der Waals surface area contributed by atoms with Crippen LogP contribution in [0.4, 0.5) is 4.39 Å². The largest absolute Gasteiger partial charge is 0.504 e. The van der Waals surface area contributed by atoms with Gasteiger partial charge in [-0.15, -0.1) is 0 Å². The molecular formula is C9H11ClFNO2. The van der Waals surface area contributed by atoms with Gasteiger partial charge >= 0.3 is 0 Å². The average molecular weight is 220 g/mol. The third-order valence-corrected chi connectivity index (χ3v) is 2.46. The number of rotatable bonds is 2. The molecule has 0 amide bonds. The highest BCUT2D eigenvalue weighted by Crippen LogP contribution is 2.33. The number of aryl methyl sites for hydroxylation is 1. The van der Waals surface area contributed by atoms with Crippen LogP contribution in [0.5, 0.6) is 5.75 Å². The highest BCUT2D eigenvalue weighted by Gasteiger charge is 2.18. The molecule has 3 nitrogen and oxygen atoms in total. The third kappa shape index (κ3) is 1.82. The van der Waals surface area contributed by atoms with Crippen LogP contribution in [0.25, 0.3) is 0 Å². The lowest BCUT2D eigenvalue weighted by Gasteiger charge is -2.13. The number of phenolic OH excluding ortho intramolecular Hbond substituents is 1. The molecule has 1 aromatic carbocycles. The normalized spacial score (nSPS) is 12.9. The Morgan fingerprint density at radius 3 is 2.71 bits per heavy atom. The number of aliphatic hydroxyl groups is 1. The van der Waals surface area contributed by atoms with Gasteiger partial charge in [0.15, 0.2) is 11.6 Å². The molecule has 0 aliphatic heterocycles. The van der Waals surface area contributed by atoms with Crippen molar-refractivity contribution in [1.82, 2.24) is 0 Å². The monoisotopic (exact) mass is 219 g/mol. The Kier molecular flexibility index (Phi) is 3.31. The van der Waals surface area contributed by atoms with Crippen molar-refractivity contribution in [2.75, 3.05) is 6.61 Å². The summed E-state index contributed by atoms with van der Waals surface area (Å²) in [5.74, 6) is -1.49. The molecule has 0 saturated carbocycles. The van der Waals surface area contributed by atoms with Gasteiger partial charge in [0.05, 0.1) is 17.7 Å². The molecule has 0 heterocycles. The van der Waals surface area contributed by atoms with Crippen molar-refractivity contribution >= 4 is 11.6 Å². The molecule has 14 heavy (non-hydrogen) atoms. The summed E-state index contributed by atoms with van der Waals surface area (Å²) in [5.41, 5.74) is 6.02. The zero-order valence-electron chi connectivity index (χ0n) is 7.59. The van der Waals surface area contributed by atoms with Gasteiger partial charge in [-0.05, 0) is 18.6 Å². The first-order valence-corrected chi connectivity index (χ1v) is 4.40. The Balaban J connectivity index is 3.33. The third-order valence-electron chi connectivity index (χ3n) is 1.98. The lowest BCUT2D eigenvalue weighted by Crippen LogP contribution is -2.16. The topological polar surface area (TPSA) is 66.5 Å². The van der Waals surface area contributed by atoms with Crippen LogP contribution in [-0.2, 0) is 0 Å². The zero-order chi connectivity index (χ0) is 10.9. The van der Waals surface area contributed by atoms with Gasteiger partial charge in [0.2, 0.25) is 0 Å². The highest BCUT2D eigenvalue weighted by molar-refractivity contribution is 6.32. The molecule has 5 heteroatoms. The first-order chi connectivity index (χ1) is 6.49. The second-order valence-electron chi connectivity index (χ2n) is 3.05. The van der Waals surface area contributed by atoms with Crippen molar-refractivity contribution < 1.29 is 14.6 Å². The maximum Gasteiger partial charge on any atom is 0.171 e. The summed E-state index contributed by atoms with van der Waals surface area (Å²) >= 11 is 5.61. The molecule has 0 aliphatic carbocycles. The fourth-order valence-electron chi connectivity index (χ4n) is 1.15. The average Bonchev–Trinajstić information content (AvgIpc) is 2.19. The van der Waals surface area contributed by atoms with Crippen molar-refractivity contribution in [1.29, 1.82) is 0 Å². The first kappa shape index (κ1) is 11.2. The molecular weight excluding hydrogens is 209 g/mol. The summed E-state index contributed by atoms with van der Waals surface area (Å²) in [6.07, 6.45) is 0. The van der Waals surface area contributed by atoms with E-state index in [1.54, 1.807) is 6.92 Å². The predicted octanol–water partition coefficient (Wildman–Crippen LogP) is 1.49. The van der Waals surface area contributed by atoms with Gasteiger partial charge in [0.25, 0.3) is 0 Å². The Labute approximate surface area is 85.9 Å². The van der Waals surface area contributed by atoms with Gasteiger partial charge in [-0.3, -0.25) is 0 Å². The van der Waals surface area contributed by atoms with Crippen LogP contribution < -0.4 is 5.73 Å². The second-order valence-corrected chi connectivity index (χ2v) is 3.43. The molecule has 1 unspecified atom stereocenters. The van der Waals surface area contributed by atoms with Crippen LogP contribution in [0.3, 0.4) is 0 Å². The Hall–Kier alpha value is -0.840. The maximum atomic E-state index is 13.4. The number of nitrogens with two attached hydrogens (primary N) is 1. The Morgan fingerprint density at radius 1 is 1.64 bits per heavy atom. The fourth-order valence-corrected chi connectivity index (χ4v) is 1.29. The molecule has 0 aromatic heterocycles. The van der Waals surface area contributed by atoms with Crippen molar-refractivity contribution in [3.05, 3.63) is 28.0 Å². The minimum Gasteiger partial charge on any atom is -0.504 e. The number of hydrogen-bond acceptors (Lipinski definition) is 3. The van der Waals surface area contributed by atoms with E-state index in [1.807, 2.05) is 0 Å². The maximum absolute atomic E-state index is 13.4. The van der Waals surface area contributed by atoms with Crippen LogP contribution in [0.2, 0.25) is 5.02 Å². The SMILES string of the molecule is Cc1cc(C(N)CO)c(F)c(O)c1Cl. The van der Waals surface area contributed by atoms with E-state index in [2.05, 4.69) is 0 Å². The predicted molar refractivity (Wildman–Crippen MR) is 51.8 cm³/mol. The van der Waals surface area contributed by atoms with E-state index in [4.69, 9.17) is 22.4 Å². The van der Waals surface area contributed by atoms with Gasteiger partial charge in [-0.2, -0.15) is 0 Å². The van der Waals surface area contributed by atoms with E-state index < -0.39 is 24.2 Å². The Morgan fingerprint density at radius 2 is 2.21 bits per heavy atom. The van der Waals surface area contributed by atoms with Gasteiger partial charge in [0, 0.05) is 5.56 Å². The Bertz CT molecular complexity index is 357. The van der Waals surface area contributed by atoms with Crippen LogP contribution in [0, 0.1) is 12.7 Å². The van der Waals surface area contributed by atoms with Crippen molar-refractivity contribution in [3.8, 4) is 5.75 Å². The minimum atomic E-state index is -0.873. The van der Waals surface area contributed by atoms with E-state index in [0.29, 0.717) is 5.56 Å². The lowest BCUT2D eigenvalue weighted by molar-refractivity contribution is 0.264. The molecule has 78 valence electrons. The van der Waals surface area contributed by atoms with E-state index >= 15 is 0 Å².